The van der Waals surface area contributed by atoms with Gasteiger partial charge in [0.05, 0.1) is 0 Å². The molecule has 0 aromatic heterocycles. The summed E-state index contributed by atoms with van der Waals surface area (Å²) in [5, 5.41) is 0. The minimum atomic E-state index is 0.765. The molecule has 0 radical (unpaired) electrons. The molecule has 0 nitrogen and oxygen atoms in total. The predicted octanol–water partition coefficient (Wildman–Crippen LogP) is 4.58. The lowest BCUT2D eigenvalue weighted by Gasteiger charge is -2.44. The Hall–Kier alpha value is -0.520. The van der Waals surface area contributed by atoms with E-state index in [9.17, 15) is 0 Å². The van der Waals surface area contributed by atoms with E-state index in [1.807, 2.05) is 0 Å². The molecular weight excluding hydrogens is 180 g/mol. The van der Waals surface area contributed by atoms with Crippen molar-refractivity contribution >= 4 is 0 Å². The molecule has 15 heavy (non-hydrogen) atoms. The van der Waals surface area contributed by atoms with Crippen LogP contribution < -0.4 is 0 Å². The molecule has 2 unspecified atom stereocenters. The molecule has 1 saturated carbocycles. The molecule has 0 bridgehead atoms. The van der Waals surface area contributed by atoms with E-state index in [1.165, 1.54) is 31.3 Å². The highest BCUT2D eigenvalue weighted by Gasteiger charge is 2.37. The Morgan fingerprint density at radius 2 is 2.07 bits per heavy atom. The van der Waals surface area contributed by atoms with Gasteiger partial charge in [-0.2, -0.15) is 0 Å². The first kappa shape index (κ1) is 11.0. The Kier molecular flexibility index (Phi) is 3.04. The van der Waals surface area contributed by atoms with Crippen LogP contribution in [0.4, 0.5) is 0 Å². The number of hydrogen-bond acceptors (Lipinski definition) is 0. The van der Waals surface area contributed by atoms with Crippen molar-refractivity contribution < 1.29 is 0 Å². The summed E-state index contributed by atoms with van der Waals surface area (Å²) in [5.41, 5.74) is 3.01. The molecule has 2 aliphatic carbocycles. The first-order valence-corrected chi connectivity index (χ1v) is 6.42. The lowest BCUT2D eigenvalue weighted by molar-refractivity contribution is 0.135. The normalized spacial score (nSPS) is 40.6. The van der Waals surface area contributed by atoms with Crippen molar-refractivity contribution in [2.45, 2.75) is 46.5 Å². The molecule has 2 rings (SSSR count). The Balaban J connectivity index is 2.24. The molecule has 0 amide bonds. The Labute approximate surface area is 94.5 Å². The second kappa shape index (κ2) is 4.15. The van der Waals surface area contributed by atoms with Crippen molar-refractivity contribution in [3.05, 3.63) is 23.8 Å². The first-order chi connectivity index (χ1) is 7.09. The van der Waals surface area contributed by atoms with E-state index in [0.29, 0.717) is 0 Å². The summed E-state index contributed by atoms with van der Waals surface area (Å²) < 4.78 is 0. The minimum Gasteiger partial charge on any atom is -0.0998 e. The number of fused-ring (bicyclic) bond motifs is 1. The van der Waals surface area contributed by atoms with Gasteiger partial charge in [-0.05, 0) is 63.2 Å². The molecule has 0 heteroatoms. The number of hydrogen-bond donors (Lipinski definition) is 0. The van der Waals surface area contributed by atoms with Gasteiger partial charge in [0.15, 0.2) is 0 Å². The lowest BCUT2D eigenvalue weighted by atomic mass is 9.61. The molecule has 1 fully saturated rings. The van der Waals surface area contributed by atoms with Gasteiger partial charge >= 0.3 is 0 Å². The summed E-state index contributed by atoms with van der Waals surface area (Å²) in [6.45, 7) is 11.2. The van der Waals surface area contributed by atoms with Gasteiger partial charge in [-0.1, -0.05) is 30.7 Å². The summed E-state index contributed by atoms with van der Waals surface area (Å²) >= 11 is 0. The van der Waals surface area contributed by atoms with Crippen LogP contribution in [0, 0.1) is 23.7 Å². The van der Waals surface area contributed by atoms with E-state index in [1.54, 1.807) is 5.57 Å². The van der Waals surface area contributed by atoms with Crippen LogP contribution in [-0.2, 0) is 0 Å². The average molecular weight is 204 g/mol. The molecule has 0 spiro atoms. The van der Waals surface area contributed by atoms with Crippen molar-refractivity contribution in [1.29, 1.82) is 0 Å². The molecule has 4 atom stereocenters. The second-order valence-corrected chi connectivity index (χ2v) is 5.80. The van der Waals surface area contributed by atoms with Gasteiger partial charge in [-0.25, -0.2) is 0 Å². The summed E-state index contributed by atoms with van der Waals surface area (Å²) in [5.74, 6) is 3.43. The Bertz CT molecular complexity index is 284. The first-order valence-electron chi connectivity index (χ1n) is 6.42. The summed E-state index contributed by atoms with van der Waals surface area (Å²) in [4.78, 5) is 0. The molecule has 0 aromatic carbocycles. The topological polar surface area (TPSA) is 0 Å². The van der Waals surface area contributed by atoms with Crippen LogP contribution in [0.1, 0.15) is 46.5 Å². The van der Waals surface area contributed by atoms with Gasteiger partial charge in [0, 0.05) is 0 Å². The fraction of sp³-hybridized carbons (Fsp3) is 0.733. The maximum atomic E-state index is 4.19. The van der Waals surface area contributed by atoms with Crippen LogP contribution in [0.3, 0.4) is 0 Å². The van der Waals surface area contributed by atoms with E-state index >= 15 is 0 Å². The maximum absolute atomic E-state index is 4.19. The fourth-order valence-electron chi connectivity index (χ4n) is 3.62. The highest BCUT2D eigenvalue weighted by Crippen LogP contribution is 2.47. The van der Waals surface area contributed by atoms with Crippen LogP contribution in [0.2, 0.25) is 0 Å². The summed E-state index contributed by atoms with van der Waals surface area (Å²) in [6, 6.07) is 0. The van der Waals surface area contributed by atoms with Crippen LogP contribution in [-0.4, -0.2) is 0 Å². The van der Waals surface area contributed by atoms with Crippen molar-refractivity contribution in [3.63, 3.8) is 0 Å². The molecule has 0 saturated heterocycles. The highest BCUT2D eigenvalue weighted by atomic mass is 14.4. The largest absolute Gasteiger partial charge is 0.0998 e. The third kappa shape index (κ3) is 2.04. The van der Waals surface area contributed by atoms with Crippen LogP contribution >= 0.6 is 0 Å². The summed E-state index contributed by atoms with van der Waals surface area (Å²) in [7, 11) is 0. The molecule has 0 N–H and O–H groups in total. The van der Waals surface area contributed by atoms with Crippen molar-refractivity contribution in [3.8, 4) is 0 Å². The quantitative estimate of drug-likeness (QED) is 0.548. The standard InChI is InChI=1S/C15H24/c1-10(2)13-8-6-12(4)14-7-5-11(3)9-15(13)14/h9,12-15H,1,5-8H2,2-4H3/t12?,13?,14-,15-/m0/s1. The fourth-order valence-corrected chi connectivity index (χ4v) is 3.62. The van der Waals surface area contributed by atoms with Crippen molar-refractivity contribution in [1.82, 2.24) is 0 Å². The maximum Gasteiger partial charge on any atom is -0.0134 e. The summed E-state index contributed by atoms with van der Waals surface area (Å²) in [6.07, 6.45) is 8.07. The van der Waals surface area contributed by atoms with E-state index in [2.05, 4.69) is 33.4 Å². The monoisotopic (exact) mass is 204 g/mol. The van der Waals surface area contributed by atoms with Gasteiger partial charge in [-0.15, -0.1) is 0 Å². The van der Waals surface area contributed by atoms with E-state index < -0.39 is 0 Å². The Morgan fingerprint density at radius 1 is 1.33 bits per heavy atom. The van der Waals surface area contributed by atoms with Crippen molar-refractivity contribution in [2.24, 2.45) is 23.7 Å². The second-order valence-electron chi connectivity index (χ2n) is 5.80. The zero-order chi connectivity index (χ0) is 11.0. The van der Waals surface area contributed by atoms with Crippen LogP contribution in [0.25, 0.3) is 0 Å². The third-order valence-electron chi connectivity index (χ3n) is 4.60. The number of rotatable bonds is 1. The van der Waals surface area contributed by atoms with Crippen molar-refractivity contribution in [2.75, 3.05) is 0 Å². The third-order valence-corrected chi connectivity index (χ3v) is 4.60. The zero-order valence-electron chi connectivity index (χ0n) is 10.4. The van der Waals surface area contributed by atoms with Gasteiger partial charge in [0.25, 0.3) is 0 Å². The molecule has 2 aliphatic rings. The average Bonchev–Trinajstić information content (AvgIpc) is 2.17. The smallest absolute Gasteiger partial charge is 0.0134 e. The van der Waals surface area contributed by atoms with Crippen LogP contribution in [0.5, 0.6) is 0 Å². The van der Waals surface area contributed by atoms with E-state index in [4.69, 9.17) is 0 Å². The van der Waals surface area contributed by atoms with Gasteiger partial charge in [-0.3, -0.25) is 0 Å². The Morgan fingerprint density at radius 3 is 2.73 bits per heavy atom. The minimum absolute atomic E-state index is 0.765. The molecule has 84 valence electrons. The predicted molar refractivity (Wildman–Crippen MR) is 66.7 cm³/mol. The van der Waals surface area contributed by atoms with Gasteiger partial charge in [0.2, 0.25) is 0 Å². The molecule has 0 heterocycles. The zero-order valence-corrected chi connectivity index (χ0v) is 10.4. The lowest BCUT2D eigenvalue weighted by Crippen LogP contribution is -2.34. The van der Waals surface area contributed by atoms with Gasteiger partial charge < -0.3 is 0 Å². The molecule has 0 aliphatic heterocycles. The highest BCUT2D eigenvalue weighted by molar-refractivity contribution is 5.15. The van der Waals surface area contributed by atoms with Crippen LogP contribution in [0.15, 0.2) is 23.8 Å². The molecule has 0 aromatic rings. The SMILES string of the molecule is C=C(C)C1CCC(C)[C@@H]2CCC(C)=C[C@@H]12. The van der Waals surface area contributed by atoms with E-state index in [-0.39, 0.29) is 0 Å². The number of allylic oxidation sites excluding steroid dienone is 3. The van der Waals surface area contributed by atoms with E-state index in [0.717, 1.165) is 23.7 Å². The van der Waals surface area contributed by atoms with Gasteiger partial charge in [0.1, 0.15) is 0 Å². The molecular formula is C15H24.